The molecular formula is C18H30IN3O3. The number of carbonyl (C=O) groups is 1. The lowest BCUT2D eigenvalue weighted by atomic mass is 9.83. The fraction of sp³-hybridized carbons (Fsp3) is 0.667. The maximum atomic E-state index is 11.6. The summed E-state index contributed by atoms with van der Waals surface area (Å²) in [5, 5.41) is 6.68. The lowest BCUT2D eigenvalue weighted by molar-refractivity contribution is 0.0599. The first-order valence-corrected chi connectivity index (χ1v) is 8.65. The van der Waals surface area contributed by atoms with Gasteiger partial charge in [0.2, 0.25) is 0 Å². The van der Waals surface area contributed by atoms with Crippen molar-refractivity contribution in [3.8, 4) is 0 Å². The molecule has 0 radical (unpaired) electrons. The molecule has 2 rings (SSSR count). The Morgan fingerprint density at radius 2 is 2.04 bits per heavy atom. The number of nitrogens with zero attached hydrogens (tertiary/aromatic N) is 1. The van der Waals surface area contributed by atoms with Crippen LogP contribution in [0, 0.1) is 12.3 Å². The van der Waals surface area contributed by atoms with E-state index in [2.05, 4.69) is 22.5 Å². The number of carbonyl (C=O) groups excluding carboxylic acids is 1. The van der Waals surface area contributed by atoms with Crippen molar-refractivity contribution in [1.29, 1.82) is 0 Å². The summed E-state index contributed by atoms with van der Waals surface area (Å²) in [4.78, 5) is 15.9. The number of aryl methyl sites for hydroxylation is 1. The molecule has 1 fully saturated rings. The molecule has 0 bridgehead atoms. The van der Waals surface area contributed by atoms with Crippen molar-refractivity contribution in [3.63, 3.8) is 0 Å². The molecule has 1 heterocycles. The van der Waals surface area contributed by atoms with Gasteiger partial charge in [0.1, 0.15) is 17.1 Å². The third-order valence-corrected chi connectivity index (χ3v) is 5.07. The minimum atomic E-state index is -0.379. The molecule has 0 aromatic carbocycles. The van der Waals surface area contributed by atoms with Gasteiger partial charge in [-0.25, -0.2) is 4.79 Å². The molecule has 1 aliphatic rings. The van der Waals surface area contributed by atoms with Crippen molar-refractivity contribution in [2.45, 2.75) is 52.5 Å². The molecule has 1 aliphatic carbocycles. The van der Waals surface area contributed by atoms with Crippen LogP contribution in [0.3, 0.4) is 0 Å². The minimum absolute atomic E-state index is 0. The quantitative estimate of drug-likeness (QED) is 0.292. The molecule has 6 nitrogen and oxygen atoms in total. The molecule has 0 saturated heterocycles. The van der Waals surface area contributed by atoms with E-state index in [4.69, 9.17) is 9.15 Å². The van der Waals surface area contributed by atoms with Crippen LogP contribution in [0.1, 0.15) is 60.9 Å². The number of guanidine groups is 1. The third kappa shape index (κ3) is 5.62. The van der Waals surface area contributed by atoms with E-state index in [9.17, 15) is 4.79 Å². The van der Waals surface area contributed by atoms with Crippen molar-refractivity contribution in [2.24, 2.45) is 10.4 Å². The van der Waals surface area contributed by atoms with Crippen LogP contribution in [0.25, 0.3) is 0 Å². The number of halogens is 1. The minimum Gasteiger partial charge on any atom is -0.465 e. The van der Waals surface area contributed by atoms with Gasteiger partial charge >= 0.3 is 5.97 Å². The fourth-order valence-corrected chi connectivity index (χ4v) is 3.39. The second-order valence-electron chi connectivity index (χ2n) is 6.51. The van der Waals surface area contributed by atoms with Crippen LogP contribution in [-0.4, -0.2) is 32.6 Å². The molecule has 7 heteroatoms. The van der Waals surface area contributed by atoms with Crippen molar-refractivity contribution >= 4 is 35.9 Å². The lowest BCUT2D eigenvalue weighted by Crippen LogP contribution is -2.42. The van der Waals surface area contributed by atoms with E-state index in [0.717, 1.165) is 12.5 Å². The van der Waals surface area contributed by atoms with Crippen molar-refractivity contribution in [1.82, 2.24) is 10.6 Å². The molecule has 0 unspecified atom stereocenters. The molecule has 1 aromatic heterocycles. The summed E-state index contributed by atoms with van der Waals surface area (Å²) in [6.45, 7) is 5.43. The highest BCUT2D eigenvalue weighted by atomic mass is 127. The van der Waals surface area contributed by atoms with Crippen LogP contribution in [0.5, 0.6) is 0 Å². The topological polar surface area (TPSA) is 75.9 Å². The van der Waals surface area contributed by atoms with E-state index in [-0.39, 0.29) is 29.9 Å². The molecule has 25 heavy (non-hydrogen) atoms. The SMILES string of the molecule is CCC1(CNC(=NC)NCc2cc(C(=O)OC)c(C)o2)CCCC1.I. The first kappa shape index (κ1) is 21.8. The normalized spacial score (nSPS) is 16.2. The van der Waals surface area contributed by atoms with Gasteiger partial charge in [0.15, 0.2) is 5.96 Å². The largest absolute Gasteiger partial charge is 0.465 e. The van der Waals surface area contributed by atoms with Gasteiger partial charge < -0.3 is 19.8 Å². The monoisotopic (exact) mass is 463 g/mol. The number of methoxy groups -OCH3 is 1. The predicted molar refractivity (Wildman–Crippen MR) is 110 cm³/mol. The van der Waals surface area contributed by atoms with Gasteiger partial charge in [0, 0.05) is 13.6 Å². The van der Waals surface area contributed by atoms with Gasteiger partial charge in [0.25, 0.3) is 0 Å². The molecule has 0 spiro atoms. The average molecular weight is 463 g/mol. The highest BCUT2D eigenvalue weighted by molar-refractivity contribution is 14.0. The average Bonchev–Trinajstić information content (AvgIpc) is 3.21. The summed E-state index contributed by atoms with van der Waals surface area (Å²) in [6.07, 6.45) is 6.41. The highest BCUT2D eigenvalue weighted by Crippen LogP contribution is 2.40. The number of esters is 1. The van der Waals surface area contributed by atoms with Crippen LogP contribution in [0.4, 0.5) is 0 Å². The Morgan fingerprint density at radius 1 is 1.36 bits per heavy atom. The zero-order valence-electron chi connectivity index (χ0n) is 15.6. The van der Waals surface area contributed by atoms with Crippen LogP contribution in [0.2, 0.25) is 0 Å². The second kappa shape index (κ2) is 10.0. The summed E-state index contributed by atoms with van der Waals surface area (Å²) in [6, 6.07) is 1.71. The Morgan fingerprint density at radius 3 is 2.60 bits per heavy atom. The van der Waals surface area contributed by atoms with E-state index in [1.807, 2.05) is 0 Å². The number of furan rings is 1. The number of hydrogen-bond acceptors (Lipinski definition) is 4. The summed E-state index contributed by atoms with van der Waals surface area (Å²) in [5.74, 6) is 1.62. The van der Waals surface area contributed by atoms with Crippen molar-refractivity contribution < 1.29 is 13.9 Å². The molecule has 0 atom stereocenters. The molecule has 1 saturated carbocycles. The standard InChI is InChI=1S/C18H29N3O3.HI/c1-5-18(8-6-7-9-18)12-21-17(19-3)20-11-14-10-15(13(2)24-14)16(22)23-4;/h10H,5-9,11-12H2,1-4H3,(H2,19,20,21);1H. The Balaban J connectivity index is 0.00000312. The van der Waals surface area contributed by atoms with Crippen LogP contribution in [0.15, 0.2) is 15.5 Å². The first-order valence-electron chi connectivity index (χ1n) is 8.65. The summed E-state index contributed by atoms with van der Waals surface area (Å²) in [5.41, 5.74) is 0.866. The van der Waals surface area contributed by atoms with Gasteiger partial charge in [-0.1, -0.05) is 19.8 Å². The van der Waals surface area contributed by atoms with E-state index in [0.29, 0.717) is 29.0 Å². The van der Waals surface area contributed by atoms with Crippen LogP contribution < -0.4 is 10.6 Å². The maximum Gasteiger partial charge on any atom is 0.341 e. The Bertz CT molecular complexity index is 592. The third-order valence-electron chi connectivity index (χ3n) is 5.07. The van der Waals surface area contributed by atoms with E-state index in [1.165, 1.54) is 39.2 Å². The Hall–Kier alpha value is -1.25. The predicted octanol–water partition coefficient (Wildman–Crippen LogP) is 3.63. The zero-order valence-corrected chi connectivity index (χ0v) is 17.9. The summed E-state index contributed by atoms with van der Waals surface area (Å²) in [7, 11) is 3.13. The Kier molecular flexibility index (Phi) is 8.75. The fourth-order valence-electron chi connectivity index (χ4n) is 3.39. The summed E-state index contributed by atoms with van der Waals surface area (Å²) >= 11 is 0. The van der Waals surface area contributed by atoms with Crippen molar-refractivity contribution in [3.05, 3.63) is 23.2 Å². The molecule has 1 aromatic rings. The van der Waals surface area contributed by atoms with E-state index >= 15 is 0 Å². The molecule has 2 N–H and O–H groups in total. The van der Waals surface area contributed by atoms with E-state index in [1.54, 1.807) is 20.0 Å². The number of hydrogen-bond donors (Lipinski definition) is 2. The van der Waals surface area contributed by atoms with Gasteiger partial charge in [-0.3, -0.25) is 4.99 Å². The first-order chi connectivity index (χ1) is 11.5. The smallest absolute Gasteiger partial charge is 0.341 e. The molecule has 0 amide bonds. The van der Waals surface area contributed by atoms with Gasteiger partial charge in [0.05, 0.1) is 13.7 Å². The number of nitrogens with one attached hydrogen (secondary N) is 2. The molecule has 0 aliphatic heterocycles. The number of rotatable bonds is 6. The maximum absolute atomic E-state index is 11.6. The van der Waals surface area contributed by atoms with Gasteiger partial charge in [-0.15, -0.1) is 24.0 Å². The highest BCUT2D eigenvalue weighted by Gasteiger charge is 2.31. The number of ether oxygens (including phenoxy) is 1. The van der Waals surface area contributed by atoms with Gasteiger partial charge in [-0.2, -0.15) is 0 Å². The lowest BCUT2D eigenvalue weighted by Gasteiger charge is -2.28. The van der Waals surface area contributed by atoms with E-state index < -0.39 is 0 Å². The second-order valence-corrected chi connectivity index (χ2v) is 6.51. The number of aliphatic imine (C=N–C) groups is 1. The molecular weight excluding hydrogens is 433 g/mol. The van der Waals surface area contributed by atoms with Crippen LogP contribution >= 0.6 is 24.0 Å². The Labute approximate surface area is 167 Å². The van der Waals surface area contributed by atoms with Crippen molar-refractivity contribution in [2.75, 3.05) is 20.7 Å². The molecule has 142 valence electrons. The zero-order chi connectivity index (χ0) is 17.6. The van der Waals surface area contributed by atoms with Gasteiger partial charge in [-0.05, 0) is 37.7 Å². The summed E-state index contributed by atoms with van der Waals surface area (Å²) < 4.78 is 10.3. The van der Waals surface area contributed by atoms with Crippen LogP contribution in [-0.2, 0) is 11.3 Å².